The quantitative estimate of drug-likeness (QED) is 0.692. The van der Waals surface area contributed by atoms with Crippen molar-refractivity contribution in [2.45, 2.75) is 26.4 Å². The second-order valence-electron chi connectivity index (χ2n) is 6.95. The molecule has 1 N–H and O–H groups in total. The van der Waals surface area contributed by atoms with Crippen LogP contribution in [-0.4, -0.2) is 40.3 Å². The number of piperazine rings is 1. The molecule has 0 saturated carbocycles. The minimum atomic E-state index is 0.000202. The molecule has 1 fully saturated rings. The van der Waals surface area contributed by atoms with E-state index in [1.54, 1.807) is 4.57 Å². The molecule has 0 atom stereocenters. The van der Waals surface area contributed by atoms with Crippen LogP contribution in [0.4, 0.5) is 5.95 Å². The van der Waals surface area contributed by atoms with Crippen molar-refractivity contribution in [1.82, 2.24) is 19.4 Å². The fraction of sp³-hybridized carbons (Fsp3) is 0.364. The third-order valence-electron chi connectivity index (χ3n) is 5.15. The number of hydrogen-bond donors (Lipinski definition) is 1. The van der Waals surface area contributed by atoms with Crippen LogP contribution in [0.15, 0.2) is 47.4 Å². The number of nitrogens with zero attached hydrogens (tertiary/aromatic N) is 4. The Labute approximate surface area is 164 Å². The molecule has 28 heavy (non-hydrogen) atoms. The van der Waals surface area contributed by atoms with Crippen molar-refractivity contribution in [2.75, 3.05) is 31.1 Å². The van der Waals surface area contributed by atoms with Gasteiger partial charge in [0.2, 0.25) is 5.95 Å². The van der Waals surface area contributed by atoms with Gasteiger partial charge in [0.1, 0.15) is 5.52 Å². The highest BCUT2D eigenvalue weighted by Crippen LogP contribution is 2.20. The topological polar surface area (TPSA) is 55.1 Å². The highest BCUT2D eigenvalue weighted by atomic mass is 16.1. The first-order valence-electron chi connectivity index (χ1n) is 9.77. The van der Waals surface area contributed by atoms with Crippen LogP contribution in [0.25, 0.3) is 11.0 Å². The number of aryl methyl sites for hydroxylation is 2. The minimum Gasteiger partial charge on any atom is -0.340 e. The van der Waals surface area contributed by atoms with Gasteiger partial charge >= 0.3 is 0 Å². The molecule has 1 aliphatic heterocycles. The molecule has 4 rings (SSSR count). The van der Waals surface area contributed by atoms with Gasteiger partial charge in [0.15, 0.2) is 0 Å². The number of anilines is 1. The first-order valence-corrected chi connectivity index (χ1v) is 9.77. The number of pyridine rings is 1. The van der Waals surface area contributed by atoms with Crippen LogP contribution >= 0.6 is 0 Å². The van der Waals surface area contributed by atoms with E-state index in [1.807, 2.05) is 42.0 Å². The van der Waals surface area contributed by atoms with Crippen molar-refractivity contribution in [3.8, 4) is 11.8 Å². The molecule has 3 aromatic rings. The molecule has 1 saturated heterocycles. The van der Waals surface area contributed by atoms with E-state index in [4.69, 9.17) is 4.98 Å². The predicted molar refractivity (Wildman–Crippen MR) is 113 cm³/mol. The van der Waals surface area contributed by atoms with Crippen molar-refractivity contribution in [1.29, 1.82) is 0 Å². The summed E-state index contributed by atoms with van der Waals surface area (Å²) in [6.45, 7) is 6.54. The Hall–Kier alpha value is -3.04. The zero-order valence-corrected chi connectivity index (χ0v) is 16.2. The Morgan fingerprint density at radius 1 is 1.14 bits per heavy atom. The molecule has 0 radical (unpaired) electrons. The second kappa shape index (κ2) is 8.32. The van der Waals surface area contributed by atoms with Crippen LogP contribution < -0.4 is 15.8 Å². The van der Waals surface area contributed by atoms with Crippen LogP contribution in [0.5, 0.6) is 0 Å². The third kappa shape index (κ3) is 3.67. The first kappa shape index (κ1) is 18.3. The molecule has 3 heterocycles. The number of fused-ring (bicyclic) bond motifs is 1. The van der Waals surface area contributed by atoms with Gasteiger partial charge in [-0.3, -0.25) is 9.36 Å². The summed E-state index contributed by atoms with van der Waals surface area (Å²) in [7, 11) is 0. The molecular weight excluding hydrogens is 350 g/mol. The van der Waals surface area contributed by atoms with Gasteiger partial charge in [-0.25, -0.2) is 4.98 Å². The Morgan fingerprint density at radius 3 is 2.68 bits per heavy atom. The van der Waals surface area contributed by atoms with Crippen LogP contribution in [0, 0.1) is 11.8 Å². The van der Waals surface area contributed by atoms with E-state index in [-0.39, 0.29) is 5.56 Å². The predicted octanol–water partition coefficient (Wildman–Crippen LogP) is 1.87. The number of benzene rings is 1. The summed E-state index contributed by atoms with van der Waals surface area (Å²) in [6, 6.07) is 12.2. The molecular formula is C22H25N5O. The Morgan fingerprint density at radius 2 is 1.93 bits per heavy atom. The van der Waals surface area contributed by atoms with Crippen LogP contribution in [0.2, 0.25) is 0 Å². The second-order valence-corrected chi connectivity index (χ2v) is 6.95. The molecule has 1 aromatic carbocycles. The summed E-state index contributed by atoms with van der Waals surface area (Å²) in [4.78, 5) is 20.3. The van der Waals surface area contributed by atoms with Crippen LogP contribution in [0.1, 0.15) is 12.5 Å². The first-order chi connectivity index (χ1) is 13.8. The maximum absolute atomic E-state index is 13.3. The molecule has 0 amide bonds. The molecule has 144 valence electrons. The molecule has 0 bridgehead atoms. The molecule has 0 unspecified atom stereocenters. The van der Waals surface area contributed by atoms with Gasteiger partial charge in [0, 0.05) is 38.9 Å². The molecule has 6 heteroatoms. The fourth-order valence-corrected chi connectivity index (χ4v) is 3.65. The average molecular weight is 375 g/mol. The van der Waals surface area contributed by atoms with Gasteiger partial charge in [-0.15, -0.1) is 5.92 Å². The van der Waals surface area contributed by atoms with Gasteiger partial charge in [-0.2, -0.15) is 0 Å². The Kier molecular flexibility index (Phi) is 5.45. The Bertz CT molecular complexity index is 1070. The van der Waals surface area contributed by atoms with Crippen molar-refractivity contribution < 1.29 is 0 Å². The van der Waals surface area contributed by atoms with Crippen LogP contribution in [-0.2, 0) is 19.5 Å². The summed E-state index contributed by atoms with van der Waals surface area (Å²) in [5.74, 6) is 6.90. The number of nitrogens with one attached hydrogen (secondary N) is 1. The van der Waals surface area contributed by atoms with E-state index in [9.17, 15) is 4.79 Å². The standard InChI is InChI=1S/C22H25N5O/c1-2-3-13-27-20-19(24-22(27)26-16-11-23-12-17-26)10-15-25(21(20)28)14-9-18-7-5-4-6-8-18/h4-8,10,15,23H,9,11-14,16-17H2,1H3. The highest BCUT2D eigenvalue weighted by Gasteiger charge is 2.21. The lowest BCUT2D eigenvalue weighted by Gasteiger charge is -2.28. The zero-order chi connectivity index (χ0) is 19.3. The maximum atomic E-state index is 13.3. The van der Waals surface area contributed by atoms with E-state index in [0.717, 1.165) is 44.1 Å². The number of aromatic nitrogens is 3. The van der Waals surface area contributed by atoms with E-state index >= 15 is 0 Å². The van der Waals surface area contributed by atoms with E-state index in [0.29, 0.717) is 18.6 Å². The lowest BCUT2D eigenvalue weighted by Crippen LogP contribution is -2.44. The molecule has 2 aromatic heterocycles. The smallest absolute Gasteiger partial charge is 0.276 e. The largest absolute Gasteiger partial charge is 0.340 e. The summed E-state index contributed by atoms with van der Waals surface area (Å²) in [6.07, 6.45) is 2.68. The fourth-order valence-electron chi connectivity index (χ4n) is 3.65. The third-order valence-corrected chi connectivity index (χ3v) is 5.15. The van der Waals surface area contributed by atoms with Crippen molar-refractivity contribution in [3.05, 3.63) is 58.5 Å². The van der Waals surface area contributed by atoms with E-state index < -0.39 is 0 Å². The number of hydrogen-bond acceptors (Lipinski definition) is 4. The van der Waals surface area contributed by atoms with Gasteiger partial charge in [-0.05, 0) is 25.0 Å². The van der Waals surface area contributed by atoms with Crippen LogP contribution in [0.3, 0.4) is 0 Å². The Balaban J connectivity index is 1.72. The van der Waals surface area contributed by atoms with Crippen molar-refractivity contribution in [3.63, 3.8) is 0 Å². The summed E-state index contributed by atoms with van der Waals surface area (Å²) < 4.78 is 3.77. The summed E-state index contributed by atoms with van der Waals surface area (Å²) in [5, 5.41) is 3.36. The SMILES string of the molecule is CC#CCn1c(N2CCNCC2)nc2ccn(CCc3ccccc3)c(=O)c21. The zero-order valence-electron chi connectivity index (χ0n) is 16.2. The normalized spacial score (nSPS) is 14.1. The van der Waals surface area contributed by atoms with Gasteiger partial charge in [0.05, 0.1) is 12.1 Å². The van der Waals surface area contributed by atoms with Gasteiger partial charge in [0.25, 0.3) is 5.56 Å². The summed E-state index contributed by atoms with van der Waals surface area (Å²) >= 11 is 0. The molecule has 0 spiro atoms. The lowest BCUT2D eigenvalue weighted by molar-refractivity contribution is 0.572. The van der Waals surface area contributed by atoms with E-state index in [2.05, 4.69) is 34.2 Å². The number of rotatable bonds is 5. The molecule has 1 aliphatic rings. The summed E-state index contributed by atoms with van der Waals surface area (Å²) in [5.41, 5.74) is 2.61. The lowest BCUT2D eigenvalue weighted by atomic mass is 10.1. The minimum absolute atomic E-state index is 0.000202. The highest BCUT2D eigenvalue weighted by molar-refractivity contribution is 5.78. The number of imidazole rings is 1. The molecule has 0 aliphatic carbocycles. The van der Waals surface area contributed by atoms with Gasteiger partial charge in [-0.1, -0.05) is 36.3 Å². The molecule has 6 nitrogen and oxygen atoms in total. The average Bonchev–Trinajstić information content (AvgIpc) is 3.12. The van der Waals surface area contributed by atoms with E-state index in [1.165, 1.54) is 5.56 Å². The maximum Gasteiger partial charge on any atom is 0.276 e. The van der Waals surface area contributed by atoms with Crippen molar-refractivity contribution >= 4 is 17.0 Å². The van der Waals surface area contributed by atoms with Crippen molar-refractivity contribution in [2.24, 2.45) is 0 Å². The monoisotopic (exact) mass is 375 g/mol. The van der Waals surface area contributed by atoms with Gasteiger partial charge < -0.3 is 14.8 Å².